The van der Waals surface area contributed by atoms with E-state index in [-0.39, 0.29) is 24.2 Å². The Kier molecular flexibility index (Phi) is 5.29. The largest absolute Gasteiger partial charge is 0.394 e. The quantitative estimate of drug-likeness (QED) is 0.717. The molecule has 134 valence electrons. The first kappa shape index (κ1) is 18.0. The molecule has 0 spiro atoms. The van der Waals surface area contributed by atoms with Gasteiger partial charge in [-0.1, -0.05) is 23.7 Å². The Balaban J connectivity index is 2.09. The van der Waals surface area contributed by atoms with Crippen LogP contribution in [0.15, 0.2) is 42.6 Å². The summed E-state index contributed by atoms with van der Waals surface area (Å²) in [5, 5.41) is 16.6. The average Bonchev–Trinajstić information content (AvgIpc) is 3.07. The number of hydrogen-bond acceptors (Lipinski definition) is 5. The molecule has 1 unspecified atom stereocenters. The third kappa shape index (κ3) is 3.89. The second-order valence-electron chi connectivity index (χ2n) is 5.87. The number of carbonyl (C=O) groups is 1. The maximum Gasteiger partial charge on any atom is 0.270 e. The molecule has 3 aromatic rings. The summed E-state index contributed by atoms with van der Waals surface area (Å²) in [6.45, 7) is 1.55. The second-order valence-corrected chi connectivity index (χ2v) is 6.30. The summed E-state index contributed by atoms with van der Waals surface area (Å²) in [5.41, 5.74) is 2.30. The summed E-state index contributed by atoms with van der Waals surface area (Å²) in [7, 11) is 1.78. The van der Waals surface area contributed by atoms with Gasteiger partial charge in [0.05, 0.1) is 12.3 Å². The van der Waals surface area contributed by atoms with Gasteiger partial charge in [0, 0.05) is 29.9 Å². The van der Waals surface area contributed by atoms with Crippen LogP contribution < -0.4 is 5.32 Å². The van der Waals surface area contributed by atoms with Crippen LogP contribution in [0.5, 0.6) is 0 Å². The molecule has 0 aliphatic carbocycles. The predicted octanol–water partition coefficient (Wildman–Crippen LogP) is 2.31. The summed E-state index contributed by atoms with van der Waals surface area (Å²) < 4.78 is 1.64. The molecule has 0 saturated carbocycles. The predicted molar refractivity (Wildman–Crippen MR) is 98.7 cm³/mol. The number of aliphatic hydroxyl groups excluding tert-OH is 1. The van der Waals surface area contributed by atoms with Crippen LogP contribution >= 0.6 is 11.6 Å². The van der Waals surface area contributed by atoms with Gasteiger partial charge in [0.25, 0.3) is 5.91 Å². The van der Waals surface area contributed by atoms with Crippen molar-refractivity contribution >= 4 is 17.5 Å². The summed E-state index contributed by atoms with van der Waals surface area (Å²) in [5.74, 6) is 0.00633. The summed E-state index contributed by atoms with van der Waals surface area (Å²) in [6, 6.07) is 10.2. The van der Waals surface area contributed by atoms with Crippen LogP contribution in [0, 0.1) is 0 Å². The Bertz CT molecular complexity index is 924. The van der Waals surface area contributed by atoms with Crippen LogP contribution in [-0.2, 0) is 7.05 Å². The number of halogens is 1. The second kappa shape index (κ2) is 7.63. The Morgan fingerprint density at radius 1 is 1.27 bits per heavy atom. The number of nitrogens with one attached hydrogen (secondary N) is 1. The van der Waals surface area contributed by atoms with Crippen molar-refractivity contribution in [2.75, 3.05) is 6.61 Å². The topological polar surface area (TPSA) is 92.9 Å². The van der Waals surface area contributed by atoms with Crippen molar-refractivity contribution in [1.29, 1.82) is 0 Å². The van der Waals surface area contributed by atoms with Gasteiger partial charge in [-0.25, -0.2) is 9.97 Å². The number of benzene rings is 1. The Morgan fingerprint density at radius 3 is 2.62 bits per heavy atom. The van der Waals surface area contributed by atoms with Crippen molar-refractivity contribution in [3.63, 3.8) is 0 Å². The SMILES string of the molecule is CC(CO)NC(=O)c1cc(-c2ccc(Cl)cc2)nc(-c2ccnn2C)n1. The number of aromatic nitrogens is 4. The van der Waals surface area contributed by atoms with Gasteiger partial charge >= 0.3 is 0 Å². The zero-order chi connectivity index (χ0) is 18.7. The molecule has 8 heteroatoms. The average molecular weight is 372 g/mol. The molecule has 0 saturated heterocycles. The normalized spacial score (nSPS) is 12.0. The maximum atomic E-state index is 12.5. The lowest BCUT2D eigenvalue weighted by atomic mass is 10.1. The zero-order valence-electron chi connectivity index (χ0n) is 14.3. The molecule has 1 amide bonds. The number of aryl methyl sites for hydroxylation is 1. The lowest BCUT2D eigenvalue weighted by Gasteiger charge is -2.12. The van der Waals surface area contributed by atoms with Crippen molar-refractivity contribution in [2.45, 2.75) is 13.0 Å². The third-order valence-corrected chi connectivity index (χ3v) is 4.05. The molecule has 2 heterocycles. The summed E-state index contributed by atoms with van der Waals surface area (Å²) in [6.07, 6.45) is 1.64. The van der Waals surface area contributed by atoms with Gasteiger partial charge in [0.1, 0.15) is 11.4 Å². The van der Waals surface area contributed by atoms with E-state index in [0.717, 1.165) is 5.56 Å². The van der Waals surface area contributed by atoms with Crippen LogP contribution in [0.25, 0.3) is 22.8 Å². The number of aliphatic hydroxyl groups is 1. The minimum absolute atomic E-state index is 0.157. The van der Waals surface area contributed by atoms with Crippen LogP contribution in [-0.4, -0.2) is 43.4 Å². The first-order chi connectivity index (χ1) is 12.5. The van der Waals surface area contributed by atoms with E-state index in [1.54, 1.807) is 49.1 Å². The van der Waals surface area contributed by atoms with Gasteiger partial charge in [-0.05, 0) is 31.2 Å². The van der Waals surface area contributed by atoms with Crippen LogP contribution in [0.1, 0.15) is 17.4 Å². The minimum Gasteiger partial charge on any atom is -0.394 e. The van der Waals surface area contributed by atoms with Crippen molar-refractivity contribution < 1.29 is 9.90 Å². The molecule has 3 rings (SSSR count). The minimum atomic E-state index is -0.382. The molecule has 0 fully saturated rings. The van der Waals surface area contributed by atoms with E-state index in [9.17, 15) is 4.79 Å². The fourth-order valence-electron chi connectivity index (χ4n) is 2.38. The molecular weight excluding hydrogens is 354 g/mol. The fraction of sp³-hybridized carbons (Fsp3) is 0.222. The molecule has 1 atom stereocenters. The Labute approximate surface area is 155 Å². The van der Waals surface area contributed by atoms with Crippen molar-refractivity contribution in [2.24, 2.45) is 7.05 Å². The molecule has 2 aromatic heterocycles. The highest BCUT2D eigenvalue weighted by molar-refractivity contribution is 6.30. The zero-order valence-corrected chi connectivity index (χ0v) is 15.1. The van der Waals surface area contributed by atoms with Gasteiger partial charge in [-0.15, -0.1) is 0 Å². The van der Waals surface area contributed by atoms with Gasteiger partial charge in [0.2, 0.25) is 0 Å². The van der Waals surface area contributed by atoms with E-state index >= 15 is 0 Å². The van der Waals surface area contributed by atoms with Crippen LogP contribution in [0.4, 0.5) is 0 Å². The smallest absolute Gasteiger partial charge is 0.270 e. The maximum absolute atomic E-state index is 12.5. The van der Waals surface area contributed by atoms with E-state index in [1.807, 2.05) is 12.1 Å². The number of hydrogen-bond donors (Lipinski definition) is 2. The Morgan fingerprint density at radius 2 is 2.00 bits per heavy atom. The van der Waals surface area contributed by atoms with E-state index in [2.05, 4.69) is 20.4 Å². The van der Waals surface area contributed by atoms with Crippen LogP contribution in [0.2, 0.25) is 5.02 Å². The number of nitrogens with zero attached hydrogens (tertiary/aromatic N) is 4. The molecule has 0 aliphatic rings. The van der Waals surface area contributed by atoms with E-state index < -0.39 is 0 Å². The molecule has 0 radical (unpaired) electrons. The van der Waals surface area contributed by atoms with Crippen LogP contribution in [0.3, 0.4) is 0 Å². The highest BCUT2D eigenvalue weighted by atomic mass is 35.5. The molecule has 7 nitrogen and oxygen atoms in total. The molecule has 1 aromatic carbocycles. The number of rotatable bonds is 5. The van der Waals surface area contributed by atoms with Crippen molar-refractivity contribution in [3.05, 3.63) is 53.3 Å². The fourth-order valence-corrected chi connectivity index (χ4v) is 2.51. The lowest BCUT2D eigenvalue weighted by Crippen LogP contribution is -2.35. The molecule has 0 aliphatic heterocycles. The first-order valence-corrected chi connectivity index (χ1v) is 8.41. The van der Waals surface area contributed by atoms with E-state index in [4.69, 9.17) is 16.7 Å². The summed E-state index contributed by atoms with van der Waals surface area (Å²) >= 11 is 5.96. The molecule has 2 N–H and O–H groups in total. The Hall–Kier alpha value is -2.77. The van der Waals surface area contributed by atoms with Gasteiger partial charge in [0.15, 0.2) is 5.82 Å². The number of carbonyl (C=O) groups excluding carboxylic acids is 1. The number of amides is 1. The highest BCUT2D eigenvalue weighted by Crippen LogP contribution is 2.23. The standard InChI is InChI=1S/C18H18ClN5O2/c1-11(10-25)21-18(26)15-9-14(12-3-5-13(19)6-4-12)22-17(23-15)16-7-8-20-24(16)2/h3-9,11,25H,10H2,1-2H3,(H,21,26). The molecule has 0 bridgehead atoms. The van der Waals surface area contributed by atoms with Gasteiger partial charge < -0.3 is 10.4 Å². The van der Waals surface area contributed by atoms with Gasteiger partial charge in [-0.3, -0.25) is 9.48 Å². The summed E-state index contributed by atoms with van der Waals surface area (Å²) in [4.78, 5) is 21.5. The highest BCUT2D eigenvalue weighted by Gasteiger charge is 2.17. The first-order valence-electron chi connectivity index (χ1n) is 8.03. The van der Waals surface area contributed by atoms with E-state index in [0.29, 0.717) is 22.2 Å². The molecular formula is C18H18ClN5O2. The molecule has 26 heavy (non-hydrogen) atoms. The van der Waals surface area contributed by atoms with Crippen molar-refractivity contribution in [1.82, 2.24) is 25.1 Å². The van der Waals surface area contributed by atoms with E-state index in [1.165, 1.54) is 0 Å². The van der Waals surface area contributed by atoms with Crippen molar-refractivity contribution in [3.8, 4) is 22.8 Å². The third-order valence-electron chi connectivity index (χ3n) is 3.80. The van der Waals surface area contributed by atoms with Gasteiger partial charge in [-0.2, -0.15) is 5.10 Å². The lowest BCUT2D eigenvalue weighted by molar-refractivity contribution is 0.0917. The monoisotopic (exact) mass is 371 g/mol.